The van der Waals surface area contributed by atoms with Crippen LogP contribution < -0.4 is 10.6 Å². The molecule has 27 heavy (non-hydrogen) atoms. The summed E-state index contributed by atoms with van der Waals surface area (Å²) in [6.45, 7) is 4.09. The Labute approximate surface area is 158 Å². The highest BCUT2D eigenvalue weighted by atomic mass is 19.1. The Hall–Kier alpha value is -3.15. The molecule has 0 amide bonds. The van der Waals surface area contributed by atoms with Crippen LogP contribution in [0.1, 0.15) is 30.0 Å². The molecule has 0 saturated heterocycles. The zero-order valence-electron chi connectivity index (χ0n) is 15.7. The molecule has 2 N–H and O–H groups in total. The number of rotatable bonds is 5. The molecule has 1 aromatic heterocycles. The van der Waals surface area contributed by atoms with Gasteiger partial charge >= 0.3 is 0 Å². The summed E-state index contributed by atoms with van der Waals surface area (Å²) in [5, 5.41) is 6.41. The maximum atomic E-state index is 13.8. The molecule has 1 heterocycles. The van der Waals surface area contributed by atoms with Gasteiger partial charge in [0.05, 0.1) is 18.8 Å². The van der Waals surface area contributed by atoms with Gasteiger partial charge in [0.25, 0.3) is 0 Å². The molecule has 0 fully saturated rings. The van der Waals surface area contributed by atoms with Gasteiger partial charge in [-0.1, -0.05) is 42.5 Å². The van der Waals surface area contributed by atoms with Crippen LogP contribution in [0.5, 0.6) is 0 Å². The van der Waals surface area contributed by atoms with Crippen molar-refractivity contribution in [1.82, 2.24) is 15.6 Å². The molecule has 0 aliphatic carbocycles. The van der Waals surface area contributed by atoms with E-state index in [-0.39, 0.29) is 11.9 Å². The van der Waals surface area contributed by atoms with Crippen molar-refractivity contribution in [3.8, 4) is 11.3 Å². The Morgan fingerprint density at radius 3 is 2.70 bits per heavy atom. The predicted molar refractivity (Wildman–Crippen MR) is 105 cm³/mol. The first-order valence-electron chi connectivity index (χ1n) is 8.80. The van der Waals surface area contributed by atoms with Crippen molar-refractivity contribution in [2.75, 3.05) is 7.05 Å². The molecule has 5 nitrogen and oxygen atoms in total. The van der Waals surface area contributed by atoms with Gasteiger partial charge in [0.15, 0.2) is 11.7 Å². The van der Waals surface area contributed by atoms with Gasteiger partial charge in [-0.05, 0) is 31.0 Å². The molecule has 3 rings (SSSR count). The topological polar surface area (TPSA) is 62.5 Å². The fourth-order valence-electron chi connectivity index (χ4n) is 2.65. The number of nitrogens with zero attached hydrogens (tertiary/aromatic N) is 2. The van der Waals surface area contributed by atoms with Crippen LogP contribution in [0.15, 0.2) is 64.1 Å². The molecule has 1 atom stereocenters. The summed E-state index contributed by atoms with van der Waals surface area (Å²) < 4.78 is 19.6. The monoisotopic (exact) mass is 366 g/mol. The number of hydrogen-bond acceptors (Lipinski definition) is 3. The summed E-state index contributed by atoms with van der Waals surface area (Å²) in [4.78, 5) is 8.50. The van der Waals surface area contributed by atoms with Gasteiger partial charge in [0.2, 0.25) is 5.89 Å². The number of hydrogen-bond donors (Lipinski definition) is 2. The first-order chi connectivity index (χ1) is 13.1. The smallest absolute Gasteiger partial charge is 0.214 e. The Kier molecular flexibility index (Phi) is 5.86. The summed E-state index contributed by atoms with van der Waals surface area (Å²) in [7, 11) is 1.68. The van der Waals surface area contributed by atoms with Crippen molar-refractivity contribution in [1.29, 1.82) is 0 Å². The minimum atomic E-state index is -0.211. The molecule has 140 valence electrons. The lowest BCUT2D eigenvalue weighted by atomic mass is 10.1. The van der Waals surface area contributed by atoms with Gasteiger partial charge in [-0.15, -0.1) is 0 Å². The quantitative estimate of drug-likeness (QED) is 0.524. The summed E-state index contributed by atoms with van der Waals surface area (Å²) in [5.41, 5.74) is 2.46. The van der Waals surface area contributed by atoms with Crippen molar-refractivity contribution >= 4 is 5.96 Å². The molecule has 0 radical (unpaired) electrons. The lowest BCUT2D eigenvalue weighted by Crippen LogP contribution is -2.38. The number of aliphatic imine (C=N–C) groups is 1. The number of benzene rings is 2. The molecular weight excluding hydrogens is 343 g/mol. The van der Waals surface area contributed by atoms with Crippen LogP contribution in [-0.4, -0.2) is 18.0 Å². The van der Waals surface area contributed by atoms with Crippen LogP contribution in [0.2, 0.25) is 0 Å². The van der Waals surface area contributed by atoms with Crippen LogP contribution in [0.4, 0.5) is 4.39 Å². The molecule has 2 aromatic carbocycles. The molecule has 6 heteroatoms. The minimum Gasteiger partial charge on any atom is -0.439 e. The van der Waals surface area contributed by atoms with Gasteiger partial charge in [0.1, 0.15) is 5.82 Å². The second kappa shape index (κ2) is 8.49. The van der Waals surface area contributed by atoms with Gasteiger partial charge in [-0.2, -0.15) is 0 Å². The van der Waals surface area contributed by atoms with Crippen LogP contribution in [0.3, 0.4) is 0 Å². The predicted octanol–water partition coefficient (Wildman–Crippen LogP) is 4.22. The number of oxazole rings is 1. The van der Waals surface area contributed by atoms with E-state index < -0.39 is 0 Å². The van der Waals surface area contributed by atoms with E-state index in [2.05, 4.69) is 20.6 Å². The van der Waals surface area contributed by atoms with Crippen molar-refractivity contribution in [2.45, 2.75) is 26.4 Å². The summed E-state index contributed by atoms with van der Waals surface area (Å²) >= 11 is 0. The number of aryl methyl sites for hydroxylation is 1. The Bertz CT molecular complexity index is 921. The Balaban J connectivity index is 1.59. The molecule has 1 unspecified atom stereocenters. The zero-order chi connectivity index (χ0) is 19.2. The average molecular weight is 366 g/mol. The van der Waals surface area contributed by atoms with E-state index in [1.165, 1.54) is 0 Å². The molecule has 0 aliphatic rings. The number of halogens is 1. The van der Waals surface area contributed by atoms with E-state index in [9.17, 15) is 4.39 Å². The largest absolute Gasteiger partial charge is 0.439 e. The van der Waals surface area contributed by atoms with E-state index in [0.717, 1.165) is 16.9 Å². The fourth-order valence-corrected chi connectivity index (χ4v) is 2.65. The Morgan fingerprint density at radius 2 is 2.00 bits per heavy atom. The van der Waals surface area contributed by atoms with Gasteiger partial charge in [0, 0.05) is 12.6 Å². The van der Waals surface area contributed by atoms with E-state index in [0.29, 0.717) is 24.0 Å². The highest BCUT2D eigenvalue weighted by Crippen LogP contribution is 2.19. The van der Waals surface area contributed by atoms with Crippen LogP contribution in [-0.2, 0) is 6.54 Å². The number of guanidine groups is 1. The van der Waals surface area contributed by atoms with Crippen molar-refractivity contribution in [2.24, 2.45) is 4.99 Å². The normalized spacial score (nSPS) is 12.7. The fraction of sp³-hybridized carbons (Fsp3) is 0.238. The molecule has 0 bridgehead atoms. The maximum Gasteiger partial charge on any atom is 0.214 e. The zero-order valence-corrected chi connectivity index (χ0v) is 15.7. The number of nitrogens with one attached hydrogen (secondary N) is 2. The SMILES string of the molecule is CN=C(NCc1ncc(-c2ccccc2)o1)NC(C)c1ccc(C)c(F)c1. The summed E-state index contributed by atoms with van der Waals surface area (Å²) in [6, 6.07) is 14.9. The van der Waals surface area contributed by atoms with Crippen LogP contribution in [0, 0.1) is 12.7 Å². The average Bonchev–Trinajstić information content (AvgIpc) is 3.17. The van der Waals surface area contributed by atoms with Crippen LogP contribution in [0.25, 0.3) is 11.3 Å². The van der Waals surface area contributed by atoms with E-state index in [4.69, 9.17) is 4.42 Å². The first-order valence-corrected chi connectivity index (χ1v) is 8.80. The highest BCUT2D eigenvalue weighted by Gasteiger charge is 2.11. The first kappa shape index (κ1) is 18.6. The van der Waals surface area contributed by atoms with Crippen molar-refractivity contribution < 1.29 is 8.81 Å². The Morgan fingerprint density at radius 1 is 1.22 bits per heavy atom. The third-order valence-corrected chi connectivity index (χ3v) is 4.29. The van der Waals surface area contributed by atoms with Gasteiger partial charge in [-0.25, -0.2) is 9.37 Å². The second-order valence-corrected chi connectivity index (χ2v) is 6.28. The minimum absolute atomic E-state index is 0.101. The van der Waals surface area contributed by atoms with E-state index in [1.807, 2.05) is 43.3 Å². The maximum absolute atomic E-state index is 13.8. The lowest BCUT2D eigenvalue weighted by molar-refractivity contribution is 0.496. The van der Waals surface area contributed by atoms with Crippen molar-refractivity contribution in [3.05, 3.63) is 77.6 Å². The van der Waals surface area contributed by atoms with Gasteiger partial charge < -0.3 is 15.1 Å². The third kappa shape index (κ3) is 4.73. The standard InChI is InChI=1S/C21H23FN4O/c1-14-9-10-17(11-18(14)22)15(2)26-21(23-3)25-13-20-24-12-19(27-20)16-7-5-4-6-8-16/h4-12,15H,13H2,1-3H3,(H2,23,25,26). The molecular formula is C21H23FN4O. The molecule has 0 spiro atoms. The molecule has 0 saturated carbocycles. The number of aromatic nitrogens is 1. The van der Waals surface area contributed by atoms with E-state index in [1.54, 1.807) is 32.3 Å². The van der Waals surface area contributed by atoms with E-state index >= 15 is 0 Å². The highest BCUT2D eigenvalue weighted by molar-refractivity contribution is 5.80. The second-order valence-electron chi connectivity index (χ2n) is 6.28. The van der Waals surface area contributed by atoms with Gasteiger partial charge in [-0.3, -0.25) is 4.99 Å². The van der Waals surface area contributed by atoms with Crippen LogP contribution >= 0.6 is 0 Å². The molecule has 0 aliphatic heterocycles. The molecule has 3 aromatic rings. The third-order valence-electron chi connectivity index (χ3n) is 4.29. The van der Waals surface area contributed by atoms with Crippen molar-refractivity contribution in [3.63, 3.8) is 0 Å². The summed E-state index contributed by atoms with van der Waals surface area (Å²) in [6.07, 6.45) is 1.71. The summed E-state index contributed by atoms with van der Waals surface area (Å²) in [5.74, 6) is 1.66. The lowest BCUT2D eigenvalue weighted by Gasteiger charge is -2.18.